The summed E-state index contributed by atoms with van der Waals surface area (Å²) in [7, 11) is -3.34. The van der Waals surface area contributed by atoms with Gasteiger partial charge in [-0.3, -0.25) is 4.79 Å². The zero-order valence-corrected chi connectivity index (χ0v) is 21.1. The second-order valence-corrected chi connectivity index (χ2v) is 11.0. The summed E-state index contributed by atoms with van der Waals surface area (Å²) < 4.78 is 36.7. The number of anilines is 2. The van der Waals surface area contributed by atoms with Crippen molar-refractivity contribution in [3.8, 4) is 0 Å². The van der Waals surface area contributed by atoms with Crippen molar-refractivity contribution >= 4 is 27.3 Å². The third kappa shape index (κ3) is 10.8. The fourth-order valence-corrected chi connectivity index (χ4v) is 3.67. The fraction of sp³-hybridized carbons (Fsp3) is 0.696. The van der Waals surface area contributed by atoms with Crippen LogP contribution in [0.5, 0.6) is 0 Å². The van der Waals surface area contributed by atoms with E-state index in [1.165, 1.54) is 0 Å². The third-order valence-corrected chi connectivity index (χ3v) is 7.06. The fourth-order valence-electron chi connectivity index (χ4n) is 2.82. The number of hydrogen-bond acceptors (Lipinski definition) is 6. The first-order chi connectivity index (χ1) is 15.1. The van der Waals surface area contributed by atoms with E-state index in [9.17, 15) is 13.2 Å². The second-order valence-electron chi connectivity index (χ2n) is 8.44. The summed E-state index contributed by atoms with van der Waals surface area (Å²) in [5, 5.41) is 2.90. The van der Waals surface area contributed by atoms with Gasteiger partial charge in [-0.05, 0) is 71.7 Å². The molecule has 1 amide bonds. The van der Waals surface area contributed by atoms with Crippen molar-refractivity contribution in [2.45, 2.75) is 58.6 Å². The van der Waals surface area contributed by atoms with Crippen molar-refractivity contribution in [3.63, 3.8) is 0 Å². The quantitative estimate of drug-likeness (QED) is 0.359. The number of nitrogens with zero attached hydrogens (tertiary/aromatic N) is 1. The molecule has 8 nitrogen and oxygen atoms in total. The van der Waals surface area contributed by atoms with Crippen molar-refractivity contribution < 1.29 is 22.7 Å². The maximum absolute atomic E-state index is 12.2. The molecule has 0 atom stereocenters. The summed E-state index contributed by atoms with van der Waals surface area (Å²) in [6, 6.07) is 7.74. The topological polar surface area (TPSA) is 97.0 Å². The number of amides is 1. The van der Waals surface area contributed by atoms with Gasteiger partial charge in [-0.15, -0.1) is 0 Å². The van der Waals surface area contributed by atoms with E-state index >= 15 is 0 Å². The minimum Gasteiger partial charge on any atom is -0.380 e. The van der Waals surface area contributed by atoms with Gasteiger partial charge in [-0.1, -0.05) is 0 Å². The van der Waals surface area contributed by atoms with E-state index in [0.29, 0.717) is 52.2 Å². The van der Waals surface area contributed by atoms with Crippen LogP contribution in [0.2, 0.25) is 0 Å². The Morgan fingerprint density at radius 2 is 1.53 bits per heavy atom. The lowest BCUT2D eigenvalue weighted by Gasteiger charge is -2.25. The molecular formula is C23H41N3O5S. The monoisotopic (exact) mass is 471 g/mol. The molecule has 0 saturated heterocycles. The molecular weight excluding hydrogens is 430 g/mol. The van der Waals surface area contributed by atoms with E-state index in [0.717, 1.165) is 24.5 Å². The Labute approximate surface area is 194 Å². The Morgan fingerprint density at radius 3 is 2.03 bits per heavy atom. The van der Waals surface area contributed by atoms with Gasteiger partial charge in [0.05, 0.1) is 18.0 Å². The van der Waals surface area contributed by atoms with Gasteiger partial charge in [0.25, 0.3) is 0 Å². The highest BCUT2D eigenvalue weighted by molar-refractivity contribution is 7.90. The first-order valence-corrected chi connectivity index (χ1v) is 12.9. The SMILES string of the molecule is CCOCCN(CCOCC)c1ccc(NC(=O)CCCCNS(=O)(=O)C(C)(C)C)cc1. The number of carbonyl (C=O) groups excluding carboxylic acids is 1. The largest absolute Gasteiger partial charge is 0.380 e. The molecule has 1 rings (SSSR count). The number of unbranched alkanes of at least 4 members (excludes halogenated alkanes) is 1. The number of ether oxygens (including phenoxy) is 2. The Kier molecular flexibility index (Phi) is 12.8. The molecule has 0 bridgehead atoms. The average molecular weight is 472 g/mol. The first-order valence-electron chi connectivity index (χ1n) is 11.4. The molecule has 0 spiro atoms. The molecule has 1 aromatic carbocycles. The van der Waals surface area contributed by atoms with E-state index in [1.807, 2.05) is 38.1 Å². The van der Waals surface area contributed by atoms with Crippen LogP contribution in [0, 0.1) is 0 Å². The lowest BCUT2D eigenvalue weighted by molar-refractivity contribution is -0.116. The lowest BCUT2D eigenvalue weighted by Crippen LogP contribution is -2.39. The smallest absolute Gasteiger partial charge is 0.224 e. The van der Waals surface area contributed by atoms with Crippen LogP contribution < -0.4 is 14.9 Å². The zero-order valence-electron chi connectivity index (χ0n) is 20.3. The summed E-state index contributed by atoms with van der Waals surface area (Å²) in [5.74, 6) is -0.0824. The Morgan fingerprint density at radius 1 is 0.969 bits per heavy atom. The molecule has 2 N–H and O–H groups in total. The zero-order chi connectivity index (χ0) is 24.0. The van der Waals surface area contributed by atoms with Gasteiger partial charge in [0, 0.05) is 50.6 Å². The van der Waals surface area contributed by atoms with Gasteiger partial charge in [-0.2, -0.15) is 0 Å². The van der Waals surface area contributed by atoms with Gasteiger partial charge in [-0.25, -0.2) is 13.1 Å². The molecule has 9 heteroatoms. The molecule has 0 aliphatic carbocycles. The van der Waals surface area contributed by atoms with Crippen LogP contribution in [0.4, 0.5) is 11.4 Å². The van der Waals surface area contributed by atoms with Crippen LogP contribution in [-0.2, 0) is 24.3 Å². The molecule has 0 heterocycles. The van der Waals surface area contributed by atoms with Crippen LogP contribution >= 0.6 is 0 Å². The number of carbonyl (C=O) groups is 1. The van der Waals surface area contributed by atoms with Crippen LogP contribution in [0.25, 0.3) is 0 Å². The number of sulfonamides is 1. The Hall–Kier alpha value is -1.68. The Balaban J connectivity index is 2.46. The number of rotatable bonds is 16. The molecule has 0 aromatic heterocycles. The molecule has 0 unspecified atom stereocenters. The van der Waals surface area contributed by atoms with Crippen LogP contribution in [0.3, 0.4) is 0 Å². The molecule has 184 valence electrons. The summed E-state index contributed by atoms with van der Waals surface area (Å²) in [6.07, 6.45) is 1.56. The van der Waals surface area contributed by atoms with Gasteiger partial charge >= 0.3 is 0 Å². The van der Waals surface area contributed by atoms with E-state index in [1.54, 1.807) is 20.8 Å². The first kappa shape index (κ1) is 28.4. The molecule has 0 aliphatic heterocycles. The van der Waals surface area contributed by atoms with E-state index < -0.39 is 14.8 Å². The maximum Gasteiger partial charge on any atom is 0.224 e. The van der Waals surface area contributed by atoms with E-state index in [-0.39, 0.29) is 5.91 Å². The number of nitrogens with one attached hydrogen (secondary N) is 2. The highest BCUT2D eigenvalue weighted by Gasteiger charge is 2.27. The normalized spacial score (nSPS) is 12.0. The summed E-state index contributed by atoms with van der Waals surface area (Å²) in [6.45, 7) is 13.5. The average Bonchev–Trinajstić information content (AvgIpc) is 2.72. The van der Waals surface area contributed by atoms with Gasteiger partial charge in [0.1, 0.15) is 0 Å². The van der Waals surface area contributed by atoms with E-state index in [4.69, 9.17) is 9.47 Å². The summed E-state index contributed by atoms with van der Waals surface area (Å²) in [5.41, 5.74) is 1.79. The molecule has 0 aliphatic rings. The number of benzene rings is 1. The maximum atomic E-state index is 12.2. The van der Waals surface area contributed by atoms with Gasteiger partial charge in [0.2, 0.25) is 15.9 Å². The van der Waals surface area contributed by atoms with Gasteiger partial charge < -0.3 is 19.7 Å². The van der Waals surface area contributed by atoms with E-state index in [2.05, 4.69) is 14.9 Å². The van der Waals surface area contributed by atoms with Crippen molar-refractivity contribution in [2.75, 3.05) is 56.3 Å². The standard InChI is InChI=1S/C23H41N3O5S/c1-6-30-18-16-26(17-19-31-7-2)21-13-11-20(12-14-21)25-22(27)10-8-9-15-24-32(28,29)23(3,4)5/h11-14,24H,6-10,15-19H2,1-5H3,(H,25,27). The molecule has 0 radical (unpaired) electrons. The third-order valence-electron chi connectivity index (χ3n) is 4.86. The summed E-state index contributed by atoms with van der Waals surface area (Å²) >= 11 is 0. The highest BCUT2D eigenvalue weighted by Crippen LogP contribution is 2.18. The second kappa shape index (κ2) is 14.5. The molecule has 32 heavy (non-hydrogen) atoms. The molecule has 1 aromatic rings. The lowest BCUT2D eigenvalue weighted by atomic mass is 10.2. The van der Waals surface area contributed by atoms with Crippen LogP contribution in [-0.4, -0.2) is 65.1 Å². The van der Waals surface area contributed by atoms with Crippen molar-refractivity contribution in [1.29, 1.82) is 0 Å². The van der Waals surface area contributed by atoms with Crippen LogP contribution in [0.1, 0.15) is 53.9 Å². The van der Waals surface area contributed by atoms with Crippen LogP contribution in [0.15, 0.2) is 24.3 Å². The molecule has 0 saturated carbocycles. The predicted molar refractivity (Wildman–Crippen MR) is 131 cm³/mol. The molecule has 0 fully saturated rings. The van der Waals surface area contributed by atoms with Gasteiger partial charge in [0.15, 0.2) is 0 Å². The minimum atomic E-state index is -3.34. The highest BCUT2D eigenvalue weighted by atomic mass is 32.2. The number of hydrogen-bond donors (Lipinski definition) is 2. The minimum absolute atomic E-state index is 0.0824. The van der Waals surface area contributed by atoms with Crippen molar-refractivity contribution in [3.05, 3.63) is 24.3 Å². The van der Waals surface area contributed by atoms with Crippen molar-refractivity contribution in [2.24, 2.45) is 0 Å². The predicted octanol–water partition coefficient (Wildman–Crippen LogP) is 3.39. The van der Waals surface area contributed by atoms with Crippen molar-refractivity contribution in [1.82, 2.24) is 4.72 Å². The Bertz CT molecular complexity index is 751. The summed E-state index contributed by atoms with van der Waals surface area (Å²) in [4.78, 5) is 14.4.